The third-order valence-corrected chi connectivity index (χ3v) is 5.33. The molecule has 0 unspecified atom stereocenters. The molecule has 0 saturated carbocycles. The van der Waals surface area contributed by atoms with Gasteiger partial charge in [0.05, 0.1) is 19.2 Å². The van der Waals surface area contributed by atoms with Crippen LogP contribution in [-0.2, 0) is 6.54 Å². The molecule has 1 atom stereocenters. The number of hydrogen-bond donors (Lipinski definition) is 0. The number of ether oxygens (including phenoxy) is 1. The van der Waals surface area contributed by atoms with Crippen LogP contribution >= 0.6 is 0 Å². The predicted molar refractivity (Wildman–Crippen MR) is 109 cm³/mol. The van der Waals surface area contributed by atoms with E-state index in [1.54, 1.807) is 7.11 Å². The number of hydrogen-bond acceptors (Lipinski definition) is 6. The fourth-order valence-electron chi connectivity index (χ4n) is 3.78. The number of nitrogens with zero attached hydrogens (tertiary/aromatic N) is 4. The van der Waals surface area contributed by atoms with Crippen LogP contribution in [0.3, 0.4) is 0 Å². The molecule has 6 heteroatoms. The second-order valence-corrected chi connectivity index (χ2v) is 7.19. The molecular weight excluding hydrogens is 352 g/mol. The molecule has 0 N–H and O–H groups in total. The van der Waals surface area contributed by atoms with Gasteiger partial charge < -0.3 is 14.1 Å². The lowest BCUT2D eigenvalue weighted by Crippen LogP contribution is -2.46. The topological polar surface area (TPSA) is 54.6 Å². The zero-order chi connectivity index (χ0) is 19.3. The number of rotatable bonds is 6. The molecule has 2 aromatic carbocycles. The summed E-state index contributed by atoms with van der Waals surface area (Å²) >= 11 is 0. The van der Waals surface area contributed by atoms with E-state index in [1.165, 1.54) is 18.5 Å². The first-order chi connectivity index (χ1) is 13.7. The molecule has 6 nitrogen and oxygen atoms in total. The summed E-state index contributed by atoms with van der Waals surface area (Å²) in [6.07, 6.45) is 2.35. The maximum atomic E-state index is 5.93. The molecule has 28 heavy (non-hydrogen) atoms. The van der Waals surface area contributed by atoms with Crippen LogP contribution in [0.4, 0.5) is 5.69 Å². The van der Waals surface area contributed by atoms with Gasteiger partial charge in [-0.25, -0.2) is 0 Å². The molecular formula is C22H26N4O2. The van der Waals surface area contributed by atoms with E-state index in [1.807, 2.05) is 24.3 Å². The largest absolute Gasteiger partial charge is 0.496 e. The van der Waals surface area contributed by atoms with Crippen molar-refractivity contribution in [3.8, 4) is 17.2 Å². The molecule has 0 bridgehead atoms. The quantitative estimate of drug-likeness (QED) is 0.649. The Morgan fingerprint density at radius 2 is 1.89 bits per heavy atom. The fourth-order valence-corrected chi connectivity index (χ4v) is 3.78. The number of anilines is 1. The highest BCUT2D eigenvalue weighted by molar-refractivity contribution is 5.62. The highest BCUT2D eigenvalue weighted by Gasteiger charge is 2.25. The van der Waals surface area contributed by atoms with Gasteiger partial charge in [-0.2, -0.15) is 0 Å². The summed E-state index contributed by atoms with van der Waals surface area (Å²) in [6.45, 7) is 2.75. The maximum Gasteiger partial charge on any atom is 0.251 e. The van der Waals surface area contributed by atoms with Gasteiger partial charge in [0.15, 0.2) is 0 Å². The standard InChI is InChI=1S/C22H26N4O2/c1-25(18-11-8-14-26(15-18)17-9-4-3-5-10-17)16-21-23-24-22(28-21)19-12-6-7-13-20(19)27-2/h3-7,9-10,12-13,18H,8,11,14-16H2,1-2H3/t18-/m0/s1. The van der Waals surface area contributed by atoms with Crippen molar-refractivity contribution in [2.75, 3.05) is 32.1 Å². The maximum absolute atomic E-state index is 5.93. The van der Waals surface area contributed by atoms with E-state index in [4.69, 9.17) is 9.15 Å². The summed E-state index contributed by atoms with van der Waals surface area (Å²) in [7, 11) is 3.78. The highest BCUT2D eigenvalue weighted by Crippen LogP contribution is 2.29. The Morgan fingerprint density at radius 1 is 1.11 bits per heavy atom. The Bertz CT molecular complexity index is 896. The van der Waals surface area contributed by atoms with Crippen molar-refractivity contribution in [3.05, 3.63) is 60.5 Å². The van der Waals surface area contributed by atoms with Gasteiger partial charge in [-0.3, -0.25) is 4.90 Å². The molecule has 2 heterocycles. The van der Waals surface area contributed by atoms with Crippen LogP contribution in [0.15, 0.2) is 59.0 Å². The van der Waals surface area contributed by atoms with Crippen LogP contribution in [0, 0.1) is 0 Å². The normalized spacial score (nSPS) is 17.1. The molecule has 0 amide bonds. The lowest BCUT2D eigenvalue weighted by atomic mass is 10.0. The van der Waals surface area contributed by atoms with E-state index >= 15 is 0 Å². The molecule has 1 aliphatic heterocycles. The van der Waals surface area contributed by atoms with E-state index in [0.29, 0.717) is 24.4 Å². The van der Waals surface area contributed by atoms with Crippen molar-refractivity contribution in [1.29, 1.82) is 0 Å². The lowest BCUT2D eigenvalue weighted by Gasteiger charge is -2.38. The van der Waals surface area contributed by atoms with E-state index in [9.17, 15) is 0 Å². The van der Waals surface area contributed by atoms with Crippen LogP contribution in [0.1, 0.15) is 18.7 Å². The summed E-state index contributed by atoms with van der Waals surface area (Å²) in [4.78, 5) is 4.77. The second-order valence-electron chi connectivity index (χ2n) is 7.19. The van der Waals surface area contributed by atoms with Gasteiger partial charge in [0.1, 0.15) is 5.75 Å². The minimum atomic E-state index is 0.454. The van der Waals surface area contributed by atoms with Gasteiger partial charge in [-0.15, -0.1) is 10.2 Å². The first-order valence-corrected chi connectivity index (χ1v) is 9.70. The summed E-state index contributed by atoms with van der Waals surface area (Å²) in [5.74, 6) is 1.85. The molecule has 0 aliphatic carbocycles. The Kier molecular flexibility index (Phi) is 5.58. The first-order valence-electron chi connectivity index (χ1n) is 9.70. The van der Waals surface area contributed by atoms with Crippen LogP contribution in [-0.4, -0.2) is 48.4 Å². The summed E-state index contributed by atoms with van der Waals surface area (Å²) in [6, 6.07) is 18.8. The lowest BCUT2D eigenvalue weighted by molar-refractivity contribution is 0.191. The van der Waals surface area contributed by atoms with Crippen molar-refractivity contribution in [3.63, 3.8) is 0 Å². The summed E-state index contributed by atoms with van der Waals surface area (Å²) < 4.78 is 11.3. The summed E-state index contributed by atoms with van der Waals surface area (Å²) in [5.41, 5.74) is 2.11. The van der Waals surface area contributed by atoms with Crippen molar-refractivity contribution < 1.29 is 9.15 Å². The number of likely N-dealkylation sites (N-methyl/N-ethyl adjacent to an activating group) is 1. The highest BCUT2D eigenvalue weighted by atomic mass is 16.5. The fraction of sp³-hybridized carbons (Fsp3) is 0.364. The number of aromatic nitrogens is 2. The van der Waals surface area contributed by atoms with Crippen molar-refractivity contribution in [2.45, 2.75) is 25.4 Å². The summed E-state index contributed by atoms with van der Waals surface area (Å²) in [5, 5.41) is 8.47. The smallest absolute Gasteiger partial charge is 0.251 e. The van der Waals surface area contributed by atoms with Gasteiger partial charge in [-0.1, -0.05) is 30.3 Å². The van der Waals surface area contributed by atoms with Gasteiger partial charge in [0, 0.05) is 24.8 Å². The molecule has 1 aromatic heterocycles. The zero-order valence-electron chi connectivity index (χ0n) is 16.4. The number of benzene rings is 2. The minimum Gasteiger partial charge on any atom is -0.496 e. The van der Waals surface area contributed by atoms with E-state index < -0.39 is 0 Å². The van der Waals surface area contributed by atoms with Crippen molar-refractivity contribution >= 4 is 5.69 Å². The van der Waals surface area contributed by atoms with Crippen LogP contribution < -0.4 is 9.64 Å². The van der Waals surface area contributed by atoms with Crippen molar-refractivity contribution in [1.82, 2.24) is 15.1 Å². The number of piperidine rings is 1. The average Bonchev–Trinajstić information content (AvgIpc) is 3.22. The Balaban J connectivity index is 1.42. The molecule has 146 valence electrons. The minimum absolute atomic E-state index is 0.454. The van der Waals surface area contributed by atoms with E-state index in [2.05, 4.69) is 57.4 Å². The molecule has 0 radical (unpaired) electrons. The van der Waals surface area contributed by atoms with Gasteiger partial charge in [-0.05, 0) is 44.2 Å². The van der Waals surface area contributed by atoms with Crippen LogP contribution in [0.25, 0.3) is 11.5 Å². The number of methoxy groups -OCH3 is 1. The van der Waals surface area contributed by atoms with Gasteiger partial charge in [0.25, 0.3) is 5.89 Å². The van der Waals surface area contributed by atoms with Gasteiger partial charge >= 0.3 is 0 Å². The average molecular weight is 378 g/mol. The van der Waals surface area contributed by atoms with Crippen LogP contribution in [0.2, 0.25) is 0 Å². The van der Waals surface area contributed by atoms with E-state index in [-0.39, 0.29) is 0 Å². The molecule has 3 aromatic rings. The Labute approximate surface area is 165 Å². The number of para-hydroxylation sites is 2. The SMILES string of the molecule is COc1ccccc1-c1nnc(CN(C)[C@H]2CCCN(c3ccccc3)C2)o1. The Hall–Kier alpha value is -2.86. The van der Waals surface area contributed by atoms with Crippen LogP contribution in [0.5, 0.6) is 5.75 Å². The van der Waals surface area contributed by atoms with Crippen molar-refractivity contribution in [2.24, 2.45) is 0 Å². The monoisotopic (exact) mass is 378 g/mol. The Morgan fingerprint density at radius 3 is 2.71 bits per heavy atom. The molecule has 0 spiro atoms. The molecule has 1 fully saturated rings. The van der Waals surface area contributed by atoms with Gasteiger partial charge in [0.2, 0.25) is 5.89 Å². The molecule has 4 rings (SSSR count). The predicted octanol–water partition coefficient (Wildman–Crippen LogP) is 3.85. The second kappa shape index (κ2) is 8.44. The first kappa shape index (κ1) is 18.5. The third-order valence-electron chi connectivity index (χ3n) is 5.33. The molecule has 1 aliphatic rings. The zero-order valence-corrected chi connectivity index (χ0v) is 16.4. The molecule has 1 saturated heterocycles. The third kappa shape index (κ3) is 4.02. The van der Waals surface area contributed by atoms with E-state index in [0.717, 1.165) is 24.4 Å².